The van der Waals surface area contributed by atoms with E-state index < -0.39 is 17.5 Å². The van der Waals surface area contributed by atoms with Gasteiger partial charge in [-0.15, -0.1) is 0 Å². The Balaban J connectivity index is 2.73. The molecule has 0 aliphatic heterocycles. The molecule has 4 heteroatoms. The average molecular weight is 242 g/mol. The van der Waals surface area contributed by atoms with Crippen molar-refractivity contribution in [3.05, 3.63) is 0 Å². The van der Waals surface area contributed by atoms with Crippen LogP contribution in [0.15, 0.2) is 0 Å². The zero-order chi connectivity index (χ0) is 13.1. The lowest BCUT2D eigenvalue weighted by Crippen LogP contribution is -2.43. The van der Waals surface area contributed by atoms with Gasteiger partial charge in [0.25, 0.3) is 0 Å². The van der Waals surface area contributed by atoms with E-state index in [2.05, 4.69) is 0 Å². The topological polar surface area (TPSA) is 52.6 Å². The van der Waals surface area contributed by atoms with Crippen LogP contribution in [-0.4, -0.2) is 31.1 Å². The molecule has 0 aromatic rings. The molecule has 0 aromatic heterocycles. The van der Waals surface area contributed by atoms with E-state index in [1.807, 2.05) is 6.92 Å². The smallest absolute Gasteiger partial charge is 0.319 e. The molecular weight excluding hydrogens is 220 g/mol. The Morgan fingerprint density at radius 2 is 1.82 bits per heavy atom. The van der Waals surface area contributed by atoms with Gasteiger partial charge in [0.2, 0.25) is 0 Å². The monoisotopic (exact) mass is 242 g/mol. The number of esters is 1. The van der Waals surface area contributed by atoms with Crippen LogP contribution in [0.3, 0.4) is 0 Å². The second-order valence-corrected chi connectivity index (χ2v) is 4.92. The molecule has 0 aromatic carbocycles. The number of ether oxygens (including phenoxy) is 2. The minimum Gasteiger partial charge on any atom is -0.465 e. The third-order valence-corrected chi connectivity index (χ3v) is 3.06. The van der Waals surface area contributed by atoms with Crippen molar-refractivity contribution in [2.24, 2.45) is 11.3 Å². The maximum Gasteiger partial charge on any atom is 0.319 e. The number of ketones is 1. The van der Waals surface area contributed by atoms with Crippen molar-refractivity contribution in [1.82, 2.24) is 0 Å². The molecule has 0 radical (unpaired) electrons. The Morgan fingerprint density at radius 1 is 1.24 bits per heavy atom. The minimum absolute atomic E-state index is 0.152. The van der Waals surface area contributed by atoms with E-state index in [0.29, 0.717) is 6.61 Å². The summed E-state index contributed by atoms with van der Waals surface area (Å²) in [6.07, 6.45) is 1.57. The van der Waals surface area contributed by atoms with Gasteiger partial charge in [0.1, 0.15) is 11.5 Å². The summed E-state index contributed by atoms with van der Waals surface area (Å²) >= 11 is 0. The molecule has 0 bridgehead atoms. The predicted molar refractivity (Wildman–Crippen MR) is 63.6 cm³/mol. The molecule has 1 rings (SSSR count). The number of hydrogen-bond acceptors (Lipinski definition) is 4. The number of carbonyl (C=O) groups excluding carboxylic acids is 2. The Labute approximate surface area is 103 Å². The van der Waals surface area contributed by atoms with Gasteiger partial charge in [-0.3, -0.25) is 9.59 Å². The van der Waals surface area contributed by atoms with E-state index in [9.17, 15) is 9.59 Å². The Bertz CT molecular complexity index is 292. The van der Waals surface area contributed by atoms with Crippen LogP contribution >= 0.6 is 0 Å². The van der Waals surface area contributed by atoms with Gasteiger partial charge >= 0.3 is 5.97 Å². The van der Waals surface area contributed by atoms with Gasteiger partial charge in [0.05, 0.1) is 6.61 Å². The first-order chi connectivity index (χ1) is 7.95. The zero-order valence-corrected chi connectivity index (χ0v) is 11.1. The summed E-state index contributed by atoms with van der Waals surface area (Å²) in [7, 11) is 0. The average Bonchev–Trinajstić information content (AvgIpc) is 3.09. The minimum atomic E-state index is -1.11. The zero-order valence-electron chi connectivity index (χ0n) is 11.1. The summed E-state index contributed by atoms with van der Waals surface area (Å²) in [4.78, 5) is 24.1. The van der Waals surface area contributed by atoms with Crippen molar-refractivity contribution in [2.75, 3.05) is 13.2 Å². The molecule has 0 N–H and O–H groups in total. The van der Waals surface area contributed by atoms with Crippen LogP contribution in [0.2, 0.25) is 0 Å². The molecule has 17 heavy (non-hydrogen) atoms. The fourth-order valence-corrected chi connectivity index (χ4v) is 1.77. The van der Waals surface area contributed by atoms with Crippen molar-refractivity contribution in [3.63, 3.8) is 0 Å². The van der Waals surface area contributed by atoms with E-state index in [0.717, 1.165) is 12.8 Å². The first-order valence-electron chi connectivity index (χ1n) is 6.28. The first kappa shape index (κ1) is 14.2. The number of rotatable bonds is 7. The molecule has 0 saturated heterocycles. The highest BCUT2D eigenvalue weighted by molar-refractivity contribution is 6.05. The Morgan fingerprint density at radius 3 is 2.24 bits per heavy atom. The fourth-order valence-electron chi connectivity index (χ4n) is 1.77. The van der Waals surface area contributed by atoms with E-state index in [1.165, 1.54) is 0 Å². The van der Waals surface area contributed by atoms with Crippen LogP contribution in [0.25, 0.3) is 0 Å². The predicted octanol–water partition coefficient (Wildman–Crippen LogP) is 1.96. The van der Waals surface area contributed by atoms with Crippen LogP contribution in [0.4, 0.5) is 0 Å². The maximum atomic E-state index is 12.3. The summed E-state index contributed by atoms with van der Waals surface area (Å²) in [5.41, 5.74) is -1.11. The van der Waals surface area contributed by atoms with Crippen LogP contribution < -0.4 is 0 Å². The summed E-state index contributed by atoms with van der Waals surface area (Å²) in [6.45, 7) is 7.60. The number of Topliss-reactive ketones (excluding diaryl/α,β-unsaturated/α-hetero) is 1. The molecular formula is C13H22O4. The van der Waals surface area contributed by atoms with Gasteiger partial charge in [-0.2, -0.15) is 0 Å². The van der Waals surface area contributed by atoms with Crippen LogP contribution in [0, 0.1) is 11.3 Å². The standard InChI is InChI=1S/C13H22O4/c1-5-16-10(9-7-8-9)11(14)13(3,4)12(15)17-6-2/h9-10H,5-8H2,1-4H3. The number of carbonyl (C=O) groups is 2. The molecule has 1 aliphatic rings. The van der Waals surface area contributed by atoms with Crippen LogP contribution in [-0.2, 0) is 19.1 Å². The lowest BCUT2D eigenvalue weighted by Gasteiger charge is -2.26. The summed E-state index contributed by atoms with van der Waals surface area (Å²) in [5.74, 6) is -0.327. The second kappa shape index (κ2) is 5.63. The molecule has 0 spiro atoms. The quantitative estimate of drug-likeness (QED) is 0.506. The van der Waals surface area contributed by atoms with E-state index in [1.54, 1.807) is 20.8 Å². The van der Waals surface area contributed by atoms with Gasteiger partial charge in [-0.1, -0.05) is 0 Å². The Hall–Kier alpha value is -0.900. The molecule has 1 fully saturated rings. The highest BCUT2D eigenvalue weighted by atomic mass is 16.5. The largest absolute Gasteiger partial charge is 0.465 e. The highest BCUT2D eigenvalue weighted by Crippen LogP contribution is 2.38. The van der Waals surface area contributed by atoms with Crippen LogP contribution in [0.1, 0.15) is 40.5 Å². The van der Waals surface area contributed by atoms with E-state index >= 15 is 0 Å². The van der Waals surface area contributed by atoms with Gasteiger partial charge in [0.15, 0.2) is 5.78 Å². The van der Waals surface area contributed by atoms with E-state index in [-0.39, 0.29) is 18.3 Å². The maximum absolute atomic E-state index is 12.3. The van der Waals surface area contributed by atoms with Crippen molar-refractivity contribution < 1.29 is 19.1 Å². The van der Waals surface area contributed by atoms with Gasteiger partial charge < -0.3 is 9.47 Å². The summed E-state index contributed by atoms with van der Waals surface area (Å²) in [5, 5.41) is 0. The second-order valence-electron chi connectivity index (χ2n) is 4.92. The van der Waals surface area contributed by atoms with Crippen molar-refractivity contribution in [3.8, 4) is 0 Å². The van der Waals surface area contributed by atoms with Crippen LogP contribution in [0.5, 0.6) is 0 Å². The molecule has 0 amide bonds. The van der Waals surface area contributed by atoms with Crippen molar-refractivity contribution in [1.29, 1.82) is 0 Å². The summed E-state index contributed by atoms with van der Waals surface area (Å²) < 4.78 is 10.4. The molecule has 1 atom stereocenters. The molecule has 98 valence electrons. The highest BCUT2D eigenvalue weighted by Gasteiger charge is 2.47. The summed E-state index contributed by atoms with van der Waals surface area (Å²) in [6, 6.07) is 0. The molecule has 1 aliphatic carbocycles. The number of hydrogen-bond donors (Lipinski definition) is 0. The molecule has 1 saturated carbocycles. The normalized spacial score (nSPS) is 17.6. The van der Waals surface area contributed by atoms with Gasteiger partial charge in [0, 0.05) is 6.61 Å². The molecule has 1 unspecified atom stereocenters. The lowest BCUT2D eigenvalue weighted by molar-refractivity contribution is -0.162. The fraction of sp³-hybridized carbons (Fsp3) is 0.846. The third kappa shape index (κ3) is 3.28. The third-order valence-electron chi connectivity index (χ3n) is 3.06. The van der Waals surface area contributed by atoms with Crippen molar-refractivity contribution in [2.45, 2.75) is 46.6 Å². The molecule has 0 heterocycles. The van der Waals surface area contributed by atoms with Gasteiger partial charge in [-0.25, -0.2) is 0 Å². The van der Waals surface area contributed by atoms with E-state index in [4.69, 9.17) is 9.47 Å². The molecule has 4 nitrogen and oxygen atoms in total. The Kier molecular flexibility index (Phi) is 4.69. The van der Waals surface area contributed by atoms with Gasteiger partial charge in [-0.05, 0) is 46.5 Å². The SMILES string of the molecule is CCOC(=O)C(C)(C)C(=O)C(OCC)C1CC1. The first-order valence-corrected chi connectivity index (χ1v) is 6.28. The lowest BCUT2D eigenvalue weighted by atomic mass is 9.84. The van der Waals surface area contributed by atoms with Crippen molar-refractivity contribution >= 4 is 11.8 Å².